The minimum atomic E-state index is 0.283. The van der Waals surface area contributed by atoms with Gasteiger partial charge in [-0.05, 0) is 48.9 Å². The van der Waals surface area contributed by atoms with E-state index in [1.807, 2.05) is 24.3 Å². The molecule has 0 aliphatic carbocycles. The number of aromatic nitrogens is 2. The molecule has 0 amide bonds. The van der Waals surface area contributed by atoms with Gasteiger partial charge in [0.1, 0.15) is 9.86 Å². The number of benzene rings is 1. The lowest BCUT2D eigenvalue weighted by molar-refractivity contribution is 1.11. The van der Waals surface area contributed by atoms with Crippen molar-refractivity contribution in [1.82, 2.24) is 9.97 Å². The Morgan fingerprint density at radius 2 is 1.84 bits per heavy atom. The molecule has 0 unspecified atom stereocenters. The van der Waals surface area contributed by atoms with Gasteiger partial charge < -0.3 is 0 Å². The van der Waals surface area contributed by atoms with Crippen LogP contribution in [0.25, 0.3) is 10.2 Å². The topological polar surface area (TPSA) is 25.8 Å². The van der Waals surface area contributed by atoms with E-state index in [2.05, 4.69) is 23.0 Å². The van der Waals surface area contributed by atoms with Crippen LogP contribution in [0.15, 0.2) is 40.3 Å². The molecule has 0 N–H and O–H groups in total. The van der Waals surface area contributed by atoms with Gasteiger partial charge in [0.05, 0.1) is 0 Å². The van der Waals surface area contributed by atoms with Gasteiger partial charge in [0.25, 0.3) is 0 Å². The van der Waals surface area contributed by atoms with E-state index in [4.69, 9.17) is 23.2 Å². The second kappa shape index (κ2) is 5.29. The van der Waals surface area contributed by atoms with E-state index in [1.54, 1.807) is 23.1 Å². The van der Waals surface area contributed by atoms with Crippen molar-refractivity contribution in [2.75, 3.05) is 0 Å². The molecule has 2 heterocycles. The Labute approximate surface area is 128 Å². The zero-order valence-electron chi connectivity index (χ0n) is 9.85. The lowest BCUT2D eigenvalue weighted by Gasteiger charge is -2.03. The molecule has 0 spiro atoms. The second-order valence-corrected chi connectivity index (χ2v) is 7.00. The normalized spacial score (nSPS) is 11.1. The van der Waals surface area contributed by atoms with Crippen molar-refractivity contribution in [3.05, 3.63) is 45.5 Å². The number of fused-ring (bicyclic) bond motifs is 1. The van der Waals surface area contributed by atoms with Crippen molar-refractivity contribution >= 4 is 56.5 Å². The molecule has 1 aromatic carbocycles. The Balaban J connectivity index is 2.06. The molecule has 2 aromatic heterocycles. The van der Waals surface area contributed by atoms with Gasteiger partial charge in [-0.1, -0.05) is 23.4 Å². The minimum Gasteiger partial charge on any atom is -0.210 e. The number of hydrogen-bond donors (Lipinski definition) is 0. The molecule has 6 heteroatoms. The van der Waals surface area contributed by atoms with E-state index in [0.717, 1.165) is 25.2 Å². The third-order valence-electron chi connectivity index (χ3n) is 2.48. The zero-order chi connectivity index (χ0) is 13.4. The molecule has 0 aliphatic heterocycles. The lowest BCUT2D eigenvalue weighted by Crippen LogP contribution is -1.86. The fourth-order valence-corrected chi connectivity index (χ4v) is 3.92. The van der Waals surface area contributed by atoms with Crippen LogP contribution in [0.3, 0.4) is 0 Å². The van der Waals surface area contributed by atoms with Crippen molar-refractivity contribution < 1.29 is 0 Å². The highest BCUT2D eigenvalue weighted by molar-refractivity contribution is 7.99. The van der Waals surface area contributed by atoms with Gasteiger partial charge in [-0.25, -0.2) is 9.97 Å². The first-order valence-corrected chi connectivity index (χ1v) is 7.88. The molecule has 0 fully saturated rings. The zero-order valence-corrected chi connectivity index (χ0v) is 13.0. The molecular weight excluding hydrogens is 319 g/mol. The maximum absolute atomic E-state index is 5.97. The van der Waals surface area contributed by atoms with Gasteiger partial charge in [-0.3, -0.25) is 0 Å². The molecule has 19 heavy (non-hydrogen) atoms. The van der Waals surface area contributed by atoms with E-state index in [9.17, 15) is 0 Å². The van der Waals surface area contributed by atoms with Gasteiger partial charge in [-0.15, -0.1) is 11.3 Å². The highest BCUT2D eigenvalue weighted by atomic mass is 35.5. The predicted molar refractivity (Wildman–Crippen MR) is 82.7 cm³/mol. The smallest absolute Gasteiger partial charge is 0.210 e. The fourth-order valence-electron chi connectivity index (χ4n) is 1.68. The Morgan fingerprint density at radius 1 is 1.11 bits per heavy atom. The summed E-state index contributed by atoms with van der Waals surface area (Å²) in [5.41, 5.74) is 0. The summed E-state index contributed by atoms with van der Waals surface area (Å²) in [6.07, 6.45) is 0. The fraction of sp³-hybridized carbons (Fsp3) is 0.0769. The summed E-state index contributed by atoms with van der Waals surface area (Å²) in [4.78, 5) is 11.8. The molecule has 96 valence electrons. The van der Waals surface area contributed by atoms with E-state index in [-0.39, 0.29) is 5.28 Å². The standard InChI is InChI=1S/C13H8Cl2N2S2/c1-7-6-10-11(18-7)16-13(15)17-12(10)19-9-4-2-8(14)3-5-9/h2-6H,1H3. The average molecular weight is 327 g/mol. The van der Waals surface area contributed by atoms with Gasteiger partial charge >= 0.3 is 0 Å². The second-order valence-electron chi connectivity index (χ2n) is 3.93. The van der Waals surface area contributed by atoms with Crippen molar-refractivity contribution in [3.8, 4) is 0 Å². The van der Waals surface area contributed by atoms with Crippen LogP contribution >= 0.6 is 46.3 Å². The first kappa shape index (κ1) is 13.2. The molecule has 0 saturated heterocycles. The van der Waals surface area contributed by atoms with E-state index < -0.39 is 0 Å². The molecule has 0 radical (unpaired) electrons. The third-order valence-corrected chi connectivity index (χ3v) is 4.86. The molecule has 0 bridgehead atoms. The quantitative estimate of drug-likeness (QED) is 0.462. The molecule has 3 aromatic rings. The number of nitrogens with zero attached hydrogens (tertiary/aromatic N) is 2. The van der Waals surface area contributed by atoms with Crippen LogP contribution in [-0.2, 0) is 0 Å². The molecule has 0 atom stereocenters. The van der Waals surface area contributed by atoms with Gasteiger partial charge in [0, 0.05) is 20.2 Å². The molecular formula is C13H8Cl2N2S2. The Morgan fingerprint density at radius 3 is 2.58 bits per heavy atom. The largest absolute Gasteiger partial charge is 0.224 e. The number of rotatable bonds is 2. The summed E-state index contributed by atoms with van der Waals surface area (Å²) in [5.74, 6) is 0. The summed E-state index contributed by atoms with van der Waals surface area (Å²) < 4.78 is 0. The van der Waals surface area contributed by atoms with Gasteiger partial charge in [-0.2, -0.15) is 0 Å². The van der Waals surface area contributed by atoms with Crippen molar-refractivity contribution in [1.29, 1.82) is 0 Å². The maximum Gasteiger partial charge on any atom is 0.224 e. The van der Waals surface area contributed by atoms with E-state index in [1.165, 1.54) is 4.88 Å². The predicted octanol–water partition coefficient (Wildman–Crippen LogP) is 5.46. The Kier molecular flexibility index (Phi) is 3.67. The summed E-state index contributed by atoms with van der Waals surface area (Å²) in [6, 6.07) is 9.75. The summed E-state index contributed by atoms with van der Waals surface area (Å²) in [7, 11) is 0. The van der Waals surface area contributed by atoms with Crippen LogP contribution in [-0.4, -0.2) is 9.97 Å². The van der Waals surface area contributed by atoms with Gasteiger partial charge in [0.2, 0.25) is 5.28 Å². The molecule has 0 saturated carbocycles. The van der Waals surface area contributed by atoms with Crippen molar-refractivity contribution in [3.63, 3.8) is 0 Å². The third kappa shape index (κ3) is 2.87. The SMILES string of the molecule is Cc1cc2c(Sc3ccc(Cl)cc3)nc(Cl)nc2s1. The first-order valence-electron chi connectivity index (χ1n) is 5.49. The first-order chi connectivity index (χ1) is 9.11. The van der Waals surface area contributed by atoms with E-state index in [0.29, 0.717) is 0 Å². The number of hydrogen-bond acceptors (Lipinski definition) is 4. The van der Waals surface area contributed by atoms with Crippen LogP contribution in [0.1, 0.15) is 4.88 Å². The van der Waals surface area contributed by atoms with Crippen molar-refractivity contribution in [2.45, 2.75) is 16.8 Å². The molecule has 0 aliphatic rings. The van der Waals surface area contributed by atoms with Crippen LogP contribution in [0.4, 0.5) is 0 Å². The summed E-state index contributed by atoms with van der Waals surface area (Å²) >= 11 is 15.0. The lowest BCUT2D eigenvalue weighted by atomic mass is 10.4. The monoisotopic (exact) mass is 326 g/mol. The van der Waals surface area contributed by atoms with Crippen molar-refractivity contribution in [2.24, 2.45) is 0 Å². The minimum absolute atomic E-state index is 0.283. The number of thiophene rings is 1. The van der Waals surface area contributed by atoms with Crippen LogP contribution in [0.5, 0.6) is 0 Å². The molecule has 2 nitrogen and oxygen atoms in total. The van der Waals surface area contributed by atoms with Crippen LogP contribution in [0, 0.1) is 6.92 Å². The summed E-state index contributed by atoms with van der Waals surface area (Å²) in [5, 5.41) is 2.93. The van der Waals surface area contributed by atoms with Crippen LogP contribution in [0.2, 0.25) is 10.3 Å². The van der Waals surface area contributed by atoms with E-state index >= 15 is 0 Å². The summed E-state index contributed by atoms with van der Waals surface area (Å²) in [6.45, 7) is 2.05. The maximum atomic E-state index is 5.97. The highest BCUT2D eigenvalue weighted by Gasteiger charge is 2.11. The average Bonchev–Trinajstić information content (AvgIpc) is 2.72. The Hall–Kier alpha value is -0.810. The molecule has 3 rings (SSSR count). The number of aryl methyl sites for hydroxylation is 1. The van der Waals surface area contributed by atoms with Gasteiger partial charge in [0.15, 0.2) is 0 Å². The Bertz CT molecular complexity index is 738. The van der Waals surface area contributed by atoms with Crippen LogP contribution < -0.4 is 0 Å². The highest BCUT2D eigenvalue weighted by Crippen LogP contribution is 2.35. The number of halogens is 2.